The molecule has 0 aliphatic carbocycles. The van der Waals surface area contributed by atoms with Crippen molar-refractivity contribution in [2.24, 2.45) is 0 Å². The fourth-order valence-corrected chi connectivity index (χ4v) is 5.75. The van der Waals surface area contributed by atoms with E-state index in [2.05, 4.69) is 5.32 Å². The van der Waals surface area contributed by atoms with Crippen LogP contribution in [0, 0.1) is 6.92 Å². The summed E-state index contributed by atoms with van der Waals surface area (Å²) in [5.74, 6) is -0.0813. The summed E-state index contributed by atoms with van der Waals surface area (Å²) < 4.78 is 31.6. The van der Waals surface area contributed by atoms with E-state index in [1.165, 1.54) is 17.5 Å². The fraction of sp³-hybridized carbons (Fsp3) is 0.333. The summed E-state index contributed by atoms with van der Waals surface area (Å²) in [5.41, 5.74) is 3.26. The molecule has 0 bridgehead atoms. The first-order valence-electron chi connectivity index (χ1n) is 12.9. The lowest BCUT2D eigenvalue weighted by Crippen LogP contribution is -2.49. The normalized spacial score (nSPS) is 11.9. The minimum Gasteiger partial charge on any atom is -0.495 e. The van der Waals surface area contributed by atoms with E-state index in [4.69, 9.17) is 16.3 Å². The molecule has 0 unspecified atom stereocenters. The molecular formula is C30H36ClN3O5S. The quantitative estimate of drug-likeness (QED) is 0.317. The number of ether oxygens (including phenoxy) is 1. The van der Waals surface area contributed by atoms with Gasteiger partial charge >= 0.3 is 0 Å². The second-order valence-corrected chi connectivity index (χ2v) is 11.9. The molecule has 214 valence electrons. The number of benzene rings is 3. The van der Waals surface area contributed by atoms with Gasteiger partial charge in [-0.1, -0.05) is 71.8 Å². The molecule has 0 saturated carbocycles. The molecule has 0 fully saturated rings. The molecular weight excluding hydrogens is 550 g/mol. The Kier molecular flexibility index (Phi) is 11.0. The molecule has 3 aromatic carbocycles. The zero-order valence-electron chi connectivity index (χ0n) is 23.3. The molecule has 3 rings (SSSR count). The van der Waals surface area contributed by atoms with Crippen molar-refractivity contribution in [2.75, 3.05) is 31.3 Å². The zero-order valence-corrected chi connectivity index (χ0v) is 24.8. The van der Waals surface area contributed by atoms with Crippen LogP contribution in [0.25, 0.3) is 0 Å². The van der Waals surface area contributed by atoms with Gasteiger partial charge in [0.2, 0.25) is 21.8 Å². The Labute approximate surface area is 241 Å². The van der Waals surface area contributed by atoms with Crippen LogP contribution in [-0.2, 0) is 32.6 Å². The van der Waals surface area contributed by atoms with Crippen LogP contribution < -0.4 is 14.4 Å². The van der Waals surface area contributed by atoms with Gasteiger partial charge in [-0.05, 0) is 42.7 Å². The lowest BCUT2D eigenvalue weighted by molar-refractivity contribution is -0.141. The number of nitrogens with zero attached hydrogens (tertiary/aromatic N) is 2. The number of carbonyl (C=O) groups is 2. The van der Waals surface area contributed by atoms with Crippen molar-refractivity contribution in [1.29, 1.82) is 0 Å². The first-order valence-corrected chi connectivity index (χ1v) is 15.2. The highest BCUT2D eigenvalue weighted by atomic mass is 35.5. The van der Waals surface area contributed by atoms with Crippen LogP contribution in [0.15, 0.2) is 72.8 Å². The van der Waals surface area contributed by atoms with Crippen molar-refractivity contribution in [1.82, 2.24) is 10.2 Å². The van der Waals surface area contributed by atoms with E-state index in [0.717, 1.165) is 22.9 Å². The standard InChI is InChI=1S/C30H36ClN3O5S/c1-22-10-8-13-24(18-22)21-33(27(30(36)32-2)19-23-11-6-5-7-12-23)29(35)14-9-17-34(40(4,37)38)25-15-16-28(39-3)26(31)20-25/h5-8,10-13,15-16,18,20,27H,9,14,17,19,21H2,1-4H3,(H,32,36)/t27-/m1/s1. The van der Waals surface area contributed by atoms with E-state index in [9.17, 15) is 18.0 Å². The summed E-state index contributed by atoms with van der Waals surface area (Å²) in [4.78, 5) is 28.4. The minimum absolute atomic E-state index is 0.0456. The van der Waals surface area contributed by atoms with Crippen LogP contribution in [0.1, 0.15) is 29.5 Å². The van der Waals surface area contributed by atoms with Crippen LogP contribution in [0.4, 0.5) is 5.69 Å². The largest absolute Gasteiger partial charge is 0.495 e. The third-order valence-electron chi connectivity index (χ3n) is 6.53. The Morgan fingerprint density at radius 2 is 1.70 bits per heavy atom. The van der Waals surface area contributed by atoms with Gasteiger partial charge in [-0.2, -0.15) is 0 Å². The Hall–Kier alpha value is -3.56. The van der Waals surface area contributed by atoms with Crippen molar-refractivity contribution in [3.05, 3.63) is 94.5 Å². The molecule has 40 heavy (non-hydrogen) atoms. The number of sulfonamides is 1. The predicted molar refractivity (Wildman–Crippen MR) is 159 cm³/mol. The van der Waals surface area contributed by atoms with E-state index in [1.807, 2.05) is 61.5 Å². The molecule has 0 heterocycles. The number of aryl methyl sites for hydroxylation is 1. The first kappa shape index (κ1) is 31.0. The molecule has 1 N–H and O–H groups in total. The molecule has 2 amide bonds. The van der Waals surface area contributed by atoms with Gasteiger partial charge in [-0.25, -0.2) is 8.42 Å². The summed E-state index contributed by atoms with van der Waals surface area (Å²) in [5, 5.41) is 2.99. The second kappa shape index (κ2) is 14.2. The summed E-state index contributed by atoms with van der Waals surface area (Å²) in [6.45, 7) is 2.28. The van der Waals surface area contributed by atoms with E-state index in [0.29, 0.717) is 17.9 Å². The highest BCUT2D eigenvalue weighted by molar-refractivity contribution is 7.92. The molecule has 0 spiro atoms. The number of anilines is 1. The Morgan fingerprint density at radius 1 is 1.00 bits per heavy atom. The number of amides is 2. The van der Waals surface area contributed by atoms with Gasteiger partial charge in [0, 0.05) is 33.0 Å². The molecule has 0 saturated heterocycles. The van der Waals surface area contributed by atoms with Crippen LogP contribution in [-0.4, -0.2) is 58.1 Å². The highest BCUT2D eigenvalue weighted by Crippen LogP contribution is 2.30. The summed E-state index contributed by atoms with van der Waals surface area (Å²) >= 11 is 6.24. The Morgan fingerprint density at radius 3 is 2.30 bits per heavy atom. The molecule has 3 aromatic rings. The van der Waals surface area contributed by atoms with E-state index in [-0.39, 0.29) is 42.8 Å². The van der Waals surface area contributed by atoms with Gasteiger partial charge in [-0.15, -0.1) is 0 Å². The van der Waals surface area contributed by atoms with Gasteiger partial charge in [0.05, 0.1) is 24.1 Å². The van der Waals surface area contributed by atoms with Gasteiger partial charge in [-0.3, -0.25) is 13.9 Å². The summed E-state index contributed by atoms with van der Waals surface area (Å²) in [6, 6.07) is 21.3. The first-order chi connectivity index (χ1) is 19.0. The minimum atomic E-state index is -3.66. The number of nitrogens with one attached hydrogen (secondary N) is 1. The molecule has 10 heteroatoms. The average Bonchev–Trinajstić information content (AvgIpc) is 2.92. The maximum absolute atomic E-state index is 13.7. The molecule has 1 atom stereocenters. The SMILES string of the molecule is CNC(=O)[C@@H](Cc1ccccc1)N(Cc1cccc(C)c1)C(=O)CCCN(c1ccc(OC)c(Cl)c1)S(C)(=O)=O. The van der Waals surface area contributed by atoms with Gasteiger partial charge in [0.1, 0.15) is 11.8 Å². The van der Waals surface area contributed by atoms with Gasteiger partial charge in [0.25, 0.3) is 0 Å². The maximum atomic E-state index is 13.7. The topological polar surface area (TPSA) is 96.0 Å². The lowest BCUT2D eigenvalue weighted by atomic mass is 10.0. The molecule has 0 aliphatic rings. The number of methoxy groups -OCH3 is 1. The monoisotopic (exact) mass is 585 g/mol. The van der Waals surface area contributed by atoms with E-state index < -0.39 is 16.1 Å². The smallest absolute Gasteiger partial charge is 0.242 e. The molecule has 0 aliphatic heterocycles. The zero-order chi connectivity index (χ0) is 29.3. The predicted octanol–water partition coefficient (Wildman–Crippen LogP) is 4.59. The third-order valence-corrected chi connectivity index (χ3v) is 8.02. The number of hydrogen-bond donors (Lipinski definition) is 1. The van der Waals surface area contributed by atoms with Crippen LogP contribution in [0.2, 0.25) is 5.02 Å². The number of likely N-dealkylation sites (N-methyl/N-ethyl adjacent to an activating group) is 1. The van der Waals surface area contributed by atoms with Crippen LogP contribution in [0.5, 0.6) is 5.75 Å². The Bertz CT molecular complexity index is 1420. The summed E-state index contributed by atoms with van der Waals surface area (Å²) in [6.07, 6.45) is 1.74. The van der Waals surface area contributed by atoms with Crippen molar-refractivity contribution < 1.29 is 22.7 Å². The second-order valence-electron chi connectivity index (χ2n) is 9.59. The van der Waals surface area contributed by atoms with Crippen molar-refractivity contribution in [3.63, 3.8) is 0 Å². The summed E-state index contributed by atoms with van der Waals surface area (Å²) in [7, 11) is -0.621. The number of rotatable bonds is 13. The highest BCUT2D eigenvalue weighted by Gasteiger charge is 2.30. The average molecular weight is 586 g/mol. The van der Waals surface area contributed by atoms with Crippen molar-refractivity contribution in [2.45, 2.75) is 38.8 Å². The lowest BCUT2D eigenvalue weighted by Gasteiger charge is -2.31. The molecule has 8 nitrogen and oxygen atoms in total. The van der Waals surface area contributed by atoms with Gasteiger partial charge in [0.15, 0.2) is 0 Å². The Balaban J connectivity index is 1.85. The maximum Gasteiger partial charge on any atom is 0.242 e. The van der Waals surface area contributed by atoms with Gasteiger partial charge < -0.3 is 15.0 Å². The van der Waals surface area contributed by atoms with Crippen molar-refractivity contribution in [3.8, 4) is 5.75 Å². The van der Waals surface area contributed by atoms with Crippen LogP contribution >= 0.6 is 11.6 Å². The van der Waals surface area contributed by atoms with Crippen molar-refractivity contribution >= 4 is 39.1 Å². The number of hydrogen-bond acceptors (Lipinski definition) is 5. The molecule has 0 aromatic heterocycles. The molecule has 0 radical (unpaired) electrons. The fourth-order valence-electron chi connectivity index (χ4n) is 4.54. The van der Waals surface area contributed by atoms with E-state index >= 15 is 0 Å². The van der Waals surface area contributed by atoms with E-state index in [1.54, 1.807) is 24.1 Å². The van der Waals surface area contributed by atoms with Crippen LogP contribution in [0.3, 0.4) is 0 Å². The number of halogens is 1. The third kappa shape index (κ3) is 8.47. The number of carbonyl (C=O) groups excluding carboxylic acids is 2.